The Kier molecular flexibility index (Phi) is 4.31. The van der Waals surface area contributed by atoms with Crippen molar-refractivity contribution in [2.75, 3.05) is 0 Å². The van der Waals surface area contributed by atoms with Crippen molar-refractivity contribution in [3.05, 3.63) is 53.1 Å². The number of thioether (sulfide) groups is 1. The lowest BCUT2D eigenvalue weighted by atomic mass is 10.2. The Morgan fingerprint density at radius 1 is 1.43 bits per heavy atom. The van der Waals surface area contributed by atoms with E-state index in [1.807, 2.05) is 6.08 Å². The highest BCUT2D eigenvalue weighted by Gasteiger charge is 2.30. The van der Waals surface area contributed by atoms with E-state index < -0.39 is 0 Å². The standard InChI is InChI=1S/C15H15ClFN3S/c1-2-8-20-14(10-6-7-10)18-19-15(20)21-9-11-12(16)4-3-5-13(11)17/h2-5,10H,1,6-9H2. The fraction of sp³-hybridized carbons (Fsp3) is 0.333. The maximum atomic E-state index is 13.8. The van der Waals surface area contributed by atoms with Crippen LogP contribution in [0.4, 0.5) is 4.39 Å². The van der Waals surface area contributed by atoms with Gasteiger partial charge in [0.05, 0.1) is 0 Å². The lowest BCUT2D eigenvalue weighted by molar-refractivity contribution is 0.617. The molecule has 110 valence electrons. The molecule has 1 aromatic carbocycles. The van der Waals surface area contributed by atoms with Crippen LogP contribution in [0.2, 0.25) is 5.02 Å². The van der Waals surface area contributed by atoms with Gasteiger partial charge in [-0.2, -0.15) is 0 Å². The molecule has 0 bridgehead atoms. The van der Waals surface area contributed by atoms with Crippen molar-refractivity contribution in [2.45, 2.75) is 36.2 Å². The van der Waals surface area contributed by atoms with E-state index in [0.29, 0.717) is 28.8 Å². The number of rotatable bonds is 6. The highest BCUT2D eigenvalue weighted by molar-refractivity contribution is 7.98. The lowest BCUT2D eigenvalue weighted by Gasteiger charge is -2.08. The predicted octanol–water partition coefficient (Wildman–Crippen LogP) is 4.43. The zero-order valence-electron chi connectivity index (χ0n) is 11.4. The molecule has 1 heterocycles. The number of nitrogens with zero attached hydrogens (tertiary/aromatic N) is 3. The first-order valence-corrected chi connectivity index (χ1v) is 8.16. The Labute approximate surface area is 132 Å². The van der Waals surface area contributed by atoms with Crippen LogP contribution in [0.25, 0.3) is 0 Å². The van der Waals surface area contributed by atoms with Crippen molar-refractivity contribution < 1.29 is 4.39 Å². The van der Waals surface area contributed by atoms with E-state index in [-0.39, 0.29) is 5.82 Å². The molecule has 0 atom stereocenters. The number of hydrogen-bond acceptors (Lipinski definition) is 3. The van der Waals surface area contributed by atoms with Crippen molar-refractivity contribution in [1.82, 2.24) is 14.8 Å². The van der Waals surface area contributed by atoms with E-state index in [0.717, 1.165) is 11.0 Å². The topological polar surface area (TPSA) is 30.7 Å². The van der Waals surface area contributed by atoms with Gasteiger partial charge in [-0.3, -0.25) is 0 Å². The molecule has 3 rings (SSSR count). The molecule has 1 saturated carbocycles. The molecule has 0 unspecified atom stereocenters. The summed E-state index contributed by atoms with van der Waals surface area (Å²) >= 11 is 7.50. The summed E-state index contributed by atoms with van der Waals surface area (Å²) < 4.78 is 15.8. The van der Waals surface area contributed by atoms with Crippen LogP contribution >= 0.6 is 23.4 Å². The van der Waals surface area contributed by atoms with Crippen LogP contribution in [0, 0.1) is 5.82 Å². The Bertz CT molecular complexity index is 647. The molecule has 3 nitrogen and oxygen atoms in total. The number of halogens is 2. The lowest BCUT2D eigenvalue weighted by Crippen LogP contribution is -2.03. The second-order valence-corrected chi connectivity index (χ2v) is 6.35. The molecule has 0 saturated heterocycles. The van der Waals surface area contributed by atoms with Gasteiger partial charge in [0.1, 0.15) is 11.6 Å². The van der Waals surface area contributed by atoms with Gasteiger partial charge in [0, 0.05) is 28.8 Å². The van der Waals surface area contributed by atoms with Gasteiger partial charge in [0.25, 0.3) is 0 Å². The largest absolute Gasteiger partial charge is 0.302 e. The highest BCUT2D eigenvalue weighted by Crippen LogP contribution is 2.40. The summed E-state index contributed by atoms with van der Waals surface area (Å²) in [6.45, 7) is 4.45. The van der Waals surface area contributed by atoms with Crippen LogP contribution in [0.1, 0.15) is 30.1 Å². The summed E-state index contributed by atoms with van der Waals surface area (Å²) in [4.78, 5) is 0. The van der Waals surface area contributed by atoms with E-state index in [1.54, 1.807) is 12.1 Å². The van der Waals surface area contributed by atoms with Crippen LogP contribution < -0.4 is 0 Å². The third-order valence-electron chi connectivity index (χ3n) is 3.41. The van der Waals surface area contributed by atoms with Gasteiger partial charge in [0.15, 0.2) is 5.16 Å². The number of aromatic nitrogens is 3. The van der Waals surface area contributed by atoms with Gasteiger partial charge in [0.2, 0.25) is 0 Å². The Morgan fingerprint density at radius 3 is 2.90 bits per heavy atom. The summed E-state index contributed by atoms with van der Waals surface area (Å²) in [5.74, 6) is 1.68. The van der Waals surface area contributed by atoms with Crippen LogP contribution in [0.5, 0.6) is 0 Å². The molecule has 0 N–H and O–H groups in total. The second-order valence-electron chi connectivity index (χ2n) is 5.00. The molecule has 0 spiro atoms. The van der Waals surface area contributed by atoms with Gasteiger partial charge in [-0.15, -0.1) is 16.8 Å². The third kappa shape index (κ3) is 3.14. The smallest absolute Gasteiger partial charge is 0.191 e. The van der Waals surface area contributed by atoms with E-state index >= 15 is 0 Å². The van der Waals surface area contributed by atoms with Gasteiger partial charge < -0.3 is 4.57 Å². The highest BCUT2D eigenvalue weighted by atomic mass is 35.5. The molecular weight excluding hydrogens is 309 g/mol. The van der Waals surface area contributed by atoms with Crippen molar-refractivity contribution in [1.29, 1.82) is 0 Å². The molecule has 0 aliphatic heterocycles. The molecule has 21 heavy (non-hydrogen) atoms. The Morgan fingerprint density at radius 2 is 2.24 bits per heavy atom. The van der Waals surface area contributed by atoms with Gasteiger partial charge in [-0.25, -0.2) is 4.39 Å². The van der Waals surface area contributed by atoms with Crippen LogP contribution in [0.15, 0.2) is 36.0 Å². The van der Waals surface area contributed by atoms with Gasteiger partial charge in [-0.05, 0) is 25.0 Å². The maximum absolute atomic E-state index is 13.8. The zero-order valence-corrected chi connectivity index (χ0v) is 13.0. The van der Waals surface area contributed by atoms with Gasteiger partial charge in [-0.1, -0.05) is 35.5 Å². The average molecular weight is 324 g/mol. The van der Waals surface area contributed by atoms with Gasteiger partial charge >= 0.3 is 0 Å². The summed E-state index contributed by atoms with van der Waals surface area (Å²) in [7, 11) is 0. The van der Waals surface area contributed by atoms with Crippen LogP contribution in [0.3, 0.4) is 0 Å². The molecule has 0 radical (unpaired) electrons. The predicted molar refractivity (Wildman–Crippen MR) is 83.2 cm³/mol. The number of hydrogen-bond donors (Lipinski definition) is 0. The van der Waals surface area contributed by atoms with E-state index in [9.17, 15) is 4.39 Å². The zero-order chi connectivity index (χ0) is 14.8. The molecule has 1 aromatic heterocycles. The summed E-state index contributed by atoms with van der Waals surface area (Å²) in [5, 5.41) is 9.74. The van der Waals surface area contributed by atoms with Crippen LogP contribution in [-0.4, -0.2) is 14.8 Å². The molecule has 1 aliphatic carbocycles. The Balaban J connectivity index is 1.80. The minimum Gasteiger partial charge on any atom is -0.302 e. The summed E-state index contributed by atoms with van der Waals surface area (Å²) in [6.07, 6.45) is 4.16. The minimum atomic E-state index is -0.285. The molecule has 6 heteroatoms. The van der Waals surface area contributed by atoms with E-state index in [1.165, 1.54) is 30.7 Å². The first-order valence-electron chi connectivity index (χ1n) is 6.80. The first-order chi connectivity index (χ1) is 10.2. The fourth-order valence-electron chi connectivity index (χ4n) is 2.16. The molecule has 1 aliphatic rings. The number of benzene rings is 1. The Hall–Kier alpha value is -1.33. The third-order valence-corrected chi connectivity index (χ3v) is 4.75. The SMILES string of the molecule is C=CCn1c(SCc2c(F)cccc2Cl)nnc1C1CC1. The van der Waals surface area contributed by atoms with E-state index in [2.05, 4.69) is 21.3 Å². The van der Waals surface area contributed by atoms with Crippen LogP contribution in [-0.2, 0) is 12.3 Å². The fourth-order valence-corrected chi connectivity index (χ4v) is 3.46. The minimum absolute atomic E-state index is 0.285. The molecule has 0 amide bonds. The summed E-state index contributed by atoms with van der Waals surface area (Å²) in [6, 6.07) is 4.73. The number of allylic oxidation sites excluding steroid dienone is 1. The quantitative estimate of drug-likeness (QED) is 0.582. The second kappa shape index (κ2) is 6.20. The van der Waals surface area contributed by atoms with Crippen molar-refractivity contribution in [3.8, 4) is 0 Å². The molecule has 2 aromatic rings. The van der Waals surface area contributed by atoms with E-state index in [4.69, 9.17) is 11.6 Å². The summed E-state index contributed by atoms with van der Waals surface area (Å²) in [5.41, 5.74) is 0.505. The molecule has 1 fully saturated rings. The average Bonchev–Trinajstić information content (AvgIpc) is 3.22. The van der Waals surface area contributed by atoms with Crippen molar-refractivity contribution in [3.63, 3.8) is 0 Å². The first kappa shape index (κ1) is 14.6. The molecular formula is C15H15ClFN3S. The van der Waals surface area contributed by atoms with Crippen molar-refractivity contribution in [2.24, 2.45) is 0 Å². The van der Waals surface area contributed by atoms with Crippen molar-refractivity contribution >= 4 is 23.4 Å². The monoisotopic (exact) mass is 323 g/mol. The maximum Gasteiger partial charge on any atom is 0.191 e. The normalized spacial score (nSPS) is 14.4.